The lowest BCUT2D eigenvalue weighted by Gasteiger charge is -2.13. The number of rotatable bonds is 7. The van der Waals surface area contributed by atoms with Crippen LogP contribution in [0.15, 0.2) is 53.7 Å². The molecule has 1 unspecified atom stereocenters. The smallest absolute Gasteiger partial charge is 0.416 e. The molecule has 0 bridgehead atoms. The van der Waals surface area contributed by atoms with Crippen LogP contribution >= 0.6 is 23.4 Å². The summed E-state index contributed by atoms with van der Waals surface area (Å²) in [6, 6.07) is 11.2. The van der Waals surface area contributed by atoms with Gasteiger partial charge >= 0.3 is 6.18 Å². The van der Waals surface area contributed by atoms with Crippen LogP contribution in [0.3, 0.4) is 0 Å². The quantitative estimate of drug-likeness (QED) is 0.481. The first-order chi connectivity index (χ1) is 14.6. The highest BCUT2D eigenvalue weighted by molar-refractivity contribution is 8.00. The molecule has 0 saturated carbocycles. The highest BCUT2D eigenvalue weighted by Crippen LogP contribution is 2.30. The molecule has 31 heavy (non-hydrogen) atoms. The molecule has 0 radical (unpaired) electrons. The zero-order valence-electron chi connectivity index (χ0n) is 16.5. The number of anilines is 1. The summed E-state index contributed by atoms with van der Waals surface area (Å²) in [5.74, 6) is 0.824. The average molecular weight is 471 g/mol. The van der Waals surface area contributed by atoms with Crippen molar-refractivity contribution in [3.8, 4) is 5.75 Å². The van der Waals surface area contributed by atoms with Crippen LogP contribution in [0.2, 0.25) is 5.02 Å². The minimum atomic E-state index is -4.42. The highest BCUT2D eigenvalue weighted by Gasteiger charge is 2.30. The van der Waals surface area contributed by atoms with Gasteiger partial charge in [-0.05, 0) is 55.5 Å². The standard InChI is InChI=1S/C20H18ClF3N4O2S/c1-12(18(29)25-15-7-3-13(4-8-15)20(22,23)24)31-19-27-26-17(28(19)2)11-30-16-9-5-14(21)6-10-16/h3-10,12H,11H2,1-2H3,(H,25,29). The van der Waals surface area contributed by atoms with Gasteiger partial charge in [-0.3, -0.25) is 4.79 Å². The topological polar surface area (TPSA) is 69.0 Å². The number of nitrogens with one attached hydrogen (secondary N) is 1. The number of amides is 1. The fourth-order valence-electron chi connectivity index (χ4n) is 2.45. The van der Waals surface area contributed by atoms with Crippen LogP contribution in [0, 0.1) is 0 Å². The van der Waals surface area contributed by atoms with Crippen LogP contribution in [-0.2, 0) is 24.6 Å². The van der Waals surface area contributed by atoms with Gasteiger partial charge in [-0.15, -0.1) is 10.2 Å². The maximum atomic E-state index is 12.6. The molecule has 1 atom stereocenters. The van der Waals surface area contributed by atoms with Gasteiger partial charge in [0.25, 0.3) is 0 Å². The number of hydrogen-bond donors (Lipinski definition) is 1. The third-order valence-corrected chi connectivity index (χ3v) is 5.62. The lowest BCUT2D eigenvalue weighted by atomic mass is 10.2. The Balaban J connectivity index is 1.56. The van der Waals surface area contributed by atoms with Crippen molar-refractivity contribution in [3.63, 3.8) is 0 Å². The van der Waals surface area contributed by atoms with Crippen molar-refractivity contribution in [2.75, 3.05) is 5.32 Å². The lowest BCUT2D eigenvalue weighted by Crippen LogP contribution is -2.23. The van der Waals surface area contributed by atoms with E-state index in [1.807, 2.05) is 0 Å². The Kier molecular flexibility index (Phi) is 7.11. The van der Waals surface area contributed by atoms with Gasteiger partial charge in [0.15, 0.2) is 11.0 Å². The van der Waals surface area contributed by atoms with Crippen molar-refractivity contribution in [1.29, 1.82) is 0 Å². The van der Waals surface area contributed by atoms with Crippen molar-refractivity contribution < 1.29 is 22.7 Å². The summed E-state index contributed by atoms with van der Waals surface area (Å²) in [6.45, 7) is 1.85. The molecule has 1 N–H and O–H groups in total. The first-order valence-electron chi connectivity index (χ1n) is 9.05. The minimum Gasteiger partial charge on any atom is -0.486 e. The zero-order valence-corrected chi connectivity index (χ0v) is 18.1. The predicted octanol–water partition coefficient (Wildman–Crippen LogP) is 5.19. The average Bonchev–Trinajstić information content (AvgIpc) is 3.06. The lowest BCUT2D eigenvalue weighted by molar-refractivity contribution is -0.137. The zero-order chi connectivity index (χ0) is 22.6. The second-order valence-corrected chi connectivity index (χ2v) is 8.27. The van der Waals surface area contributed by atoms with Crippen LogP contribution in [0.4, 0.5) is 18.9 Å². The summed E-state index contributed by atoms with van der Waals surface area (Å²) in [5.41, 5.74) is -0.499. The Hall–Kier alpha value is -2.72. The van der Waals surface area contributed by atoms with Gasteiger partial charge in [0.05, 0.1) is 10.8 Å². The molecule has 164 valence electrons. The Morgan fingerprint density at radius 2 is 1.81 bits per heavy atom. The number of carbonyl (C=O) groups excluding carboxylic acids is 1. The molecule has 0 fully saturated rings. The molecule has 0 aliphatic carbocycles. The van der Waals surface area contributed by atoms with E-state index in [1.165, 1.54) is 23.9 Å². The first-order valence-corrected chi connectivity index (χ1v) is 10.3. The molecular formula is C20H18ClF3N4O2S. The third kappa shape index (κ3) is 6.14. The van der Waals surface area contributed by atoms with Gasteiger partial charge in [0.1, 0.15) is 12.4 Å². The largest absolute Gasteiger partial charge is 0.486 e. The van der Waals surface area contributed by atoms with Gasteiger partial charge in [0, 0.05) is 17.8 Å². The van der Waals surface area contributed by atoms with E-state index in [0.29, 0.717) is 21.8 Å². The SMILES string of the molecule is CC(Sc1nnc(COc2ccc(Cl)cc2)n1C)C(=O)Nc1ccc(C(F)(F)F)cc1. The number of alkyl halides is 3. The molecule has 0 aliphatic heterocycles. The fourth-order valence-corrected chi connectivity index (χ4v) is 3.41. The van der Waals surface area contributed by atoms with E-state index in [0.717, 1.165) is 12.1 Å². The number of halogens is 4. The van der Waals surface area contributed by atoms with Gasteiger partial charge in [-0.1, -0.05) is 23.4 Å². The highest BCUT2D eigenvalue weighted by atomic mass is 35.5. The van der Waals surface area contributed by atoms with Crippen molar-refractivity contribution in [3.05, 3.63) is 64.9 Å². The van der Waals surface area contributed by atoms with E-state index < -0.39 is 17.0 Å². The monoisotopic (exact) mass is 470 g/mol. The predicted molar refractivity (Wildman–Crippen MR) is 112 cm³/mol. The number of thioether (sulfide) groups is 1. The summed E-state index contributed by atoms with van der Waals surface area (Å²) in [4.78, 5) is 12.4. The Bertz CT molecular complexity index is 1040. The molecular weight excluding hydrogens is 453 g/mol. The van der Waals surface area contributed by atoms with E-state index in [2.05, 4.69) is 15.5 Å². The van der Waals surface area contributed by atoms with Gasteiger partial charge in [-0.2, -0.15) is 13.2 Å². The molecule has 3 aromatic rings. The van der Waals surface area contributed by atoms with E-state index in [1.54, 1.807) is 42.8 Å². The number of hydrogen-bond acceptors (Lipinski definition) is 5. The number of nitrogens with zero attached hydrogens (tertiary/aromatic N) is 3. The number of carbonyl (C=O) groups is 1. The Labute approximate surface area is 185 Å². The van der Waals surface area contributed by atoms with E-state index in [9.17, 15) is 18.0 Å². The molecule has 1 aromatic heterocycles. The van der Waals surface area contributed by atoms with Crippen molar-refractivity contribution in [1.82, 2.24) is 14.8 Å². The molecule has 3 rings (SSSR count). The number of benzene rings is 2. The summed E-state index contributed by atoms with van der Waals surface area (Å²) in [7, 11) is 1.75. The van der Waals surface area contributed by atoms with Crippen LogP contribution < -0.4 is 10.1 Å². The number of aromatic nitrogens is 3. The van der Waals surface area contributed by atoms with E-state index >= 15 is 0 Å². The van der Waals surface area contributed by atoms with Gasteiger partial charge < -0.3 is 14.6 Å². The Morgan fingerprint density at radius 1 is 1.16 bits per heavy atom. The maximum Gasteiger partial charge on any atom is 0.416 e. The molecule has 0 saturated heterocycles. The third-order valence-electron chi connectivity index (χ3n) is 4.24. The molecule has 6 nitrogen and oxygen atoms in total. The first kappa shape index (κ1) is 23.0. The van der Waals surface area contributed by atoms with Crippen molar-refractivity contribution >= 4 is 35.0 Å². The second kappa shape index (κ2) is 9.61. The fraction of sp³-hybridized carbons (Fsp3) is 0.250. The molecule has 1 amide bonds. The molecule has 0 spiro atoms. The minimum absolute atomic E-state index is 0.178. The molecule has 0 aliphatic rings. The summed E-state index contributed by atoms with van der Waals surface area (Å²) >= 11 is 7.02. The second-order valence-electron chi connectivity index (χ2n) is 6.52. The van der Waals surface area contributed by atoms with Crippen molar-refractivity contribution in [2.45, 2.75) is 30.1 Å². The number of ether oxygens (including phenoxy) is 1. The van der Waals surface area contributed by atoms with E-state index in [4.69, 9.17) is 16.3 Å². The molecule has 11 heteroatoms. The summed E-state index contributed by atoms with van der Waals surface area (Å²) in [6.07, 6.45) is -4.42. The molecule has 2 aromatic carbocycles. The normalized spacial score (nSPS) is 12.5. The van der Waals surface area contributed by atoms with Crippen LogP contribution in [0.5, 0.6) is 5.75 Å². The van der Waals surface area contributed by atoms with E-state index in [-0.39, 0.29) is 18.2 Å². The van der Waals surface area contributed by atoms with Crippen LogP contribution in [-0.4, -0.2) is 25.9 Å². The van der Waals surface area contributed by atoms with Crippen LogP contribution in [0.1, 0.15) is 18.3 Å². The van der Waals surface area contributed by atoms with Crippen LogP contribution in [0.25, 0.3) is 0 Å². The van der Waals surface area contributed by atoms with Gasteiger partial charge in [0.2, 0.25) is 5.91 Å². The van der Waals surface area contributed by atoms with Gasteiger partial charge in [-0.25, -0.2) is 0 Å². The Morgan fingerprint density at radius 3 is 2.42 bits per heavy atom. The maximum absolute atomic E-state index is 12.6. The summed E-state index contributed by atoms with van der Waals surface area (Å²) < 4.78 is 45.3. The molecule has 1 heterocycles. The summed E-state index contributed by atoms with van der Waals surface area (Å²) in [5, 5.41) is 11.3. The van der Waals surface area contributed by atoms with Crippen molar-refractivity contribution in [2.24, 2.45) is 7.05 Å².